The molecule has 1 aromatic heterocycles. The van der Waals surface area contributed by atoms with Gasteiger partial charge in [0.25, 0.3) is 5.91 Å². The van der Waals surface area contributed by atoms with Gasteiger partial charge < -0.3 is 19.9 Å². The Morgan fingerprint density at radius 2 is 1.92 bits per heavy atom. The van der Waals surface area contributed by atoms with Gasteiger partial charge in [0.1, 0.15) is 11.4 Å². The van der Waals surface area contributed by atoms with Crippen LogP contribution in [0.15, 0.2) is 30.3 Å². The zero-order valence-corrected chi connectivity index (χ0v) is 14.8. The van der Waals surface area contributed by atoms with E-state index in [2.05, 4.69) is 15.3 Å². The van der Waals surface area contributed by atoms with E-state index in [0.29, 0.717) is 49.3 Å². The number of hydrogen-bond acceptors (Lipinski definition) is 6. The van der Waals surface area contributed by atoms with Crippen molar-refractivity contribution in [3.63, 3.8) is 0 Å². The Balaban J connectivity index is 1.79. The first kappa shape index (κ1) is 17.7. The van der Waals surface area contributed by atoms with Gasteiger partial charge in [0.2, 0.25) is 12.4 Å². The van der Waals surface area contributed by atoms with Gasteiger partial charge >= 0.3 is 0 Å². The van der Waals surface area contributed by atoms with Crippen molar-refractivity contribution < 1.29 is 14.3 Å². The number of amides is 2. The van der Waals surface area contributed by atoms with Crippen LogP contribution in [0, 0.1) is 6.92 Å². The second kappa shape index (κ2) is 7.81. The summed E-state index contributed by atoms with van der Waals surface area (Å²) in [7, 11) is 1.59. The molecule has 0 spiro atoms. The highest BCUT2D eigenvalue weighted by Gasteiger charge is 2.23. The van der Waals surface area contributed by atoms with E-state index in [-0.39, 0.29) is 5.91 Å². The summed E-state index contributed by atoms with van der Waals surface area (Å²) in [5, 5.41) is 3.11. The van der Waals surface area contributed by atoms with E-state index in [1.54, 1.807) is 23.0 Å². The average molecular weight is 355 g/mol. The molecule has 26 heavy (non-hydrogen) atoms. The maximum Gasteiger partial charge on any atom is 0.272 e. The van der Waals surface area contributed by atoms with Gasteiger partial charge in [0, 0.05) is 31.9 Å². The Labute approximate surface area is 151 Å². The van der Waals surface area contributed by atoms with Crippen molar-refractivity contribution in [3.8, 4) is 5.75 Å². The number of piperazine rings is 1. The Kier molecular flexibility index (Phi) is 5.31. The van der Waals surface area contributed by atoms with Gasteiger partial charge in [-0.1, -0.05) is 12.1 Å². The summed E-state index contributed by atoms with van der Waals surface area (Å²) in [5.74, 6) is 0.837. The smallest absolute Gasteiger partial charge is 0.272 e. The summed E-state index contributed by atoms with van der Waals surface area (Å²) in [6, 6.07) is 9.09. The Morgan fingerprint density at radius 1 is 1.19 bits per heavy atom. The normalized spacial score (nSPS) is 14.1. The summed E-state index contributed by atoms with van der Waals surface area (Å²) < 4.78 is 5.31. The van der Waals surface area contributed by atoms with Gasteiger partial charge in [-0.15, -0.1) is 0 Å². The third-order valence-corrected chi connectivity index (χ3v) is 4.18. The molecule has 0 radical (unpaired) electrons. The highest BCUT2D eigenvalue weighted by Crippen LogP contribution is 2.25. The van der Waals surface area contributed by atoms with E-state index in [9.17, 15) is 9.59 Å². The molecule has 2 heterocycles. The fraction of sp³-hybridized carbons (Fsp3) is 0.333. The number of carbonyl (C=O) groups is 2. The molecule has 1 aliphatic rings. The number of carbonyl (C=O) groups excluding carboxylic acids is 2. The van der Waals surface area contributed by atoms with E-state index >= 15 is 0 Å². The van der Waals surface area contributed by atoms with Crippen molar-refractivity contribution in [3.05, 3.63) is 41.7 Å². The topological polar surface area (TPSA) is 87.7 Å². The molecule has 136 valence electrons. The minimum atomic E-state index is -0.163. The van der Waals surface area contributed by atoms with Crippen molar-refractivity contribution in [2.24, 2.45) is 0 Å². The van der Waals surface area contributed by atoms with Crippen LogP contribution in [0.4, 0.5) is 11.6 Å². The second-order valence-corrected chi connectivity index (χ2v) is 5.98. The molecule has 8 heteroatoms. The van der Waals surface area contributed by atoms with E-state index in [1.165, 1.54) is 0 Å². The van der Waals surface area contributed by atoms with Crippen molar-refractivity contribution in [2.45, 2.75) is 6.92 Å². The quantitative estimate of drug-likeness (QED) is 0.817. The first-order valence-electron chi connectivity index (χ1n) is 8.35. The van der Waals surface area contributed by atoms with Gasteiger partial charge in [0.05, 0.1) is 12.8 Å². The molecule has 0 saturated carbocycles. The van der Waals surface area contributed by atoms with Gasteiger partial charge in [-0.3, -0.25) is 9.59 Å². The highest BCUT2D eigenvalue weighted by molar-refractivity contribution is 5.93. The zero-order chi connectivity index (χ0) is 18.5. The number of hydrogen-bond donors (Lipinski definition) is 1. The molecule has 2 amide bonds. The van der Waals surface area contributed by atoms with Gasteiger partial charge in [-0.25, -0.2) is 9.97 Å². The second-order valence-electron chi connectivity index (χ2n) is 5.98. The molecule has 1 fully saturated rings. The fourth-order valence-electron chi connectivity index (χ4n) is 2.79. The van der Waals surface area contributed by atoms with Gasteiger partial charge in [0.15, 0.2) is 0 Å². The van der Waals surface area contributed by atoms with Crippen LogP contribution < -0.4 is 10.1 Å². The van der Waals surface area contributed by atoms with Gasteiger partial charge in [-0.2, -0.15) is 0 Å². The van der Waals surface area contributed by atoms with Crippen LogP contribution in [-0.2, 0) is 4.79 Å². The third kappa shape index (κ3) is 3.90. The SMILES string of the molecule is COc1ccccc1Nc1nc(C)cc(C(=O)N2CCN(C=O)CC2)n1. The molecular weight excluding hydrogens is 334 g/mol. The predicted octanol–water partition coefficient (Wildman–Crippen LogP) is 1.45. The molecule has 1 N–H and O–H groups in total. The van der Waals surface area contributed by atoms with Crippen LogP contribution >= 0.6 is 0 Å². The van der Waals surface area contributed by atoms with Gasteiger partial charge in [-0.05, 0) is 25.1 Å². The number of nitrogens with zero attached hydrogens (tertiary/aromatic N) is 4. The van der Waals surface area contributed by atoms with Crippen LogP contribution in [-0.4, -0.2) is 65.4 Å². The molecular formula is C18H21N5O3. The number of methoxy groups -OCH3 is 1. The standard InChI is InChI=1S/C18H21N5O3/c1-13-11-15(17(25)23-9-7-22(12-24)8-10-23)21-18(19-13)20-14-5-3-4-6-16(14)26-2/h3-6,11-12H,7-10H2,1-2H3,(H,19,20,21). The number of rotatable bonds is 5. The minimum Gasteiger partial charge on any atom is -0.495 e. The van der Waals surface area contributed by atoms with Crippen molar-refractivity contribution in [1.82, 2.24) is 19.8 Å². The molecule has 8 nitrogen and oxygen atoms in total. The summed E-state index contributed by atoms with van der Waals surface area (Å²) in [6.07, 6.45) is 0.811. The summed E-state index contributed by atoms with van der Waals surface area (Å²) in [6.45, 7) is 3.87. The lowest BCUT2D eigenvalue weighted by Gasteiger charge is -2.32. The van der Waals surface area contributed by atoms with E-state index < -0.39 is 0 Å². The average Bonchev–Trinajstić information content (AvgIpc) is 2.67. The monoisotopic (exact) mass is 355 g/mol. The van der Waals surface area contributed by atoms with Crippen molar-refractivity contribution >= 4 is 24.0 Å². The van der Waals surface area contributed by atoms with Crippen LogP contribution in [0.25, 0.3) is 0 Å². The number of aryl methyl sites for hydroxylation is 1. The minimum absolute atomic E-state index is 0.163. The fourth-order valence-corrected chi connectivity index (χ4v) is 2.79. The number of nitrogens with one attached hydrogen (secondary N) is 1. The van der Waals surface area contributed by atoms with Crippen LogP contribution in [0.3, 0.4) is 0 Å². The maximum absolute atomic E-state index is 12.8. The van der Waals surface area contributed by atoms with E-state index in [1.807, 2.05) is 31.2 Å². The lowest BCUT2D eigenvalue weighted by atomic mass is 10.2. The Bertz CT molecular complexity index is 803. The van der Waals surface area contributed by atoms with E-state index in [4.69, 9.17) is 4.74 Å². The number of anilines is 2. The Hall–Kier alpha value is -3.16. The van der Waals surface area contributed by atoms with Crippen LogP contribution in [0.1, 0.15) is 16.2 Å². The highest BCUT2D eigenvalue weighted by atomic mass is 16.5. The van der Waals surface area contributed by atoms with Crippen LogP contribution in [0.5, 0.6) is 5.75 Å². The number of para-hydroxylation sites is 2. The molecule has 1 saturated heterocycles. The molecule has 0 bridgehead atoms. The van der Waals surface area contributed by atoms with Crippen molar-refractivity contribution in [2.75, 3.05) is 38.6 Å². The van der Waals surface area contributed by atoms with E-state index in [0.717, 1.165) is 12.1 Å². The first-order valence-corrected chi connectivity index (χ1v) is 8.35. The lowest BCUT2D eigenvalue weighted by Crippen LogP contribution is -2.48. The molecule has 1 aliphatic heterocycles. The summed E-state index contributed by atoms with van der Waals surface area (Å²) in [4.78, 5) is 35.6. The molecule has 0 unspecified atom stereocenters. The maximum atomic E-state index is 12.8. The summed E-state index contributed by atoms with van der Waals surface area (Å²) >= 11 is 0. The molecule has 0 aliphatic carbocycles. The number of aromatic nitrogens is 2. The van der Waals surface area contributed by atoms with Crippen molar-refractivity contribution in [1.29, 1.82) is 0 Å². The first-order chi connectivity index (χ1) is 12.6. The predicted molar refractivity (Wildman–Crippen MR) is 96.6 cm³/mol. The molecule has 1 aromatic carbocycles. The molecule has 2 aromatic rings. The van der Waals surface area contributed by atoms with Crippen LogP contribution in [0.2, 0.25) is 0 Å². The molecule has 3 rings (SSSR count). The largest absolute Gasteiger partial charge is 0.495 e. The molecule has 0 atom stereocenters. The number of ether oxygens (including phenoxy) is 1. The zero-order valence-electron chi connectivity index (χ0n) is 14.8. The Morgan fingerprint density at radius 3 is 2.62 bits per heavy atom. The number of benzene rings is 1. The summed E-state index contributed by atoms with van der Waals surface area (Å²) in [5.41, 5.74) is 1.74. The lowest BCUT2D eigenvalue weighted by molar-refractivity contribution is -0.119. The third-order valence-electron chi connectivity index (χ3n) is 4.18.